The number of aliphatic hydroxyl groups excluding tert-OH is 1. The van der Waals surface area contributed by atoms with E-state index >= 15 is 0 Å². The molecule has 4 heteroatoms. The Morgan fingerprint density at radius 2 is 2.40 bits per heavy atom. The van der Waals surface area contributed by atoms with Crippen LogP contribution in [-0.4, -0.2) is 23.2 Å². The van der Waals surface area contributed by atoms with Crippen LogP contribution in [-0.2, 0) is 9.53 Å². The van der Waals surface area contributed by atoms with Crippen molar-refractivity contribution in [3.05, 3.63) is 29.6 Å². The molecule has 4 nitrogen and oxygen atoms in total. The molecule has 2 rings (SSSR count). The largest absolute Gasteiger partial charge is 0.469 e. The molecule has 1 aromatic rings. The molecule has 0 radical (unpaired) electrons. The molecule has 0 spiro atoms. The summed E-state index contributed by atoms with van der Waals surface area (Å²) in [7, 11) is 1.38. The summed E-state index contributed by atoms with van der Waals surface area (Å²) in [6.45, 7) is 0. The zero-order valence-corrected chi connectivity index (χ0v) is 8.51. The quantitative estimate of drug-likeness (QED) is 0.702. The van der Waals surface area contributed by atoms with Crippen LogP contribution >= 0.6 is 0 Å². The number of aromatic nitrogens is 1. The monoisotopic (exact) mass is 207 g/mol. The number of fused-ring (bicyclic) bond motifs is 1. The zero-order chi connectivity index (χ0) is 10.8. The Labute approximate surface area is 87.9 Å². The van der Waals surface area contributed by atoms with Crippen LogP contribution in [0.5, 0.6) is 0 Å². The van der Waals surface area contributed by atoms with Crippen molar-refractivity contribution in [3.63, 3.8) is 0 Å². The fourth-order valence-corrected chi connectivity index (χ4v) is 2.01. The lowest BCUT2D eigenvalue weighted by molar-refractivity contribution is -0.143. The van der Waals surface area contributed by atoms with Gasteiger partial charge in [-0.05, 0) is 24.5 Å². The molecule has 1 aromatic heterocycles. The van der Waals surface area contributed by atoms with Crippen molar-refractivity contribution in [1.29, 1.82) is 0 Å². The van der Waals surface area contributed by atoms with Crippen LogP contribution in [0.4, 0.5) is 0 Å². The third-order valence-corrected chi connectivity index (χ3v) is 2.78. The molecule has 0 fully saturated rings. The van der Waals surface area contributed by atoms with Crippen molar-refractivity contribution in [2.45, 2.75) is 24.9 Å². The van der Waals surface area contributed by atoms with Crippen LogP contribution in [0.2, 0.25) is 0 Å². The molecular weight excluding hydrogens is 194 g/mol. The number of methoxy groups -OCH3 is 1. The van der Waals surface area contributed by atoms with Crippen molar-refractivity contribution >= 4 is 5.97 Å². The average Bonchev–Trinajstić information content (AvgIpc) is 2.29. The highest BCUT2D eigenvalue weighted by Crippen LogP contribution is 2.36. The number of aliphatic hydroxyl groups is 1. The highest BCUT2D eigenvalue weighted by molar-refractivity contribution is 5.78. The second-order valence-electron chi connectivity index (χ2n) is 3.65. The fourth-order valence-electron chi connectivity index (χ4n) is 2.01. The molecule has 0 amide bonds. The van der Waals surface area contributed by atoms with E-state index in [9.17, 15) is 9.90 Å². The summed E-state index contributed by atoms with van der Waals surface area (Å²) in [6.07, 6.45) is 2.25. The number of ether oxygens (including phenoxy) is 1. The molecule has 0 saturated heterocycles. The summed E-state index contributed by atoms with van der Waals surface area (Å²) in [6, 6.07) is 3.60. The van der Waals surface area contributed by atoms with Crippen molar-refractivity contribution in [2.75, 3.05) is 7.11 Å². The molecular formula is C11H13NO3. The SMILES string of the molecule is COC(=O)C1CCC(O)c2ncccc21. The lowest BCUT2D eigenvalue weighted by Crippen LogP contribution is -2.22. The minimum absolute atomic E-state index is 0.254. The minimum Gasteiger partial charge on any atom is -0.469 e. The van der Waals surface area contributed by atoms with E-state index in [0.29, 0.717) is 18.5 Å². The highest BCUT2D eigenvalue weighted by atomic mass is 16.5. The Hall–Kier alpha value is -1.42. The molecule has 80 valence electrons. The molecule has 15 heavy (non-hydrogen) atoms. The third-order valence-electron chi connectivity index (χ3n) is 2.78. The first-order valence-electron chi connectivity index (χ1n) is 4.94. The Morgan fingerprint density at radius 3 is 3.13 bits per heavy atom. The first kappa shape index (κ1) is 10.1. The lowest BCUT2D eigenvalue weighted by Gasteiger charge is -2.25. The third kappa shape index (κ3) is 1.72. The Bertz CT molecular complexity index is 378. The van der Waals surface area contributed by atoms with E-state index in [1.807, 2.05) is 6.07 Å². The molecule has 0 bridgehead atoms. The number of pyridine rings is 1. The topological polar surface area (TPSA) is 59.4 Å². The lowest BCUT2D eigenvalue weighted by atomic mass is 9.84. The number of nitrogens with zero attached hydrogens (tertiary/aromatic N) is 1. The predicted molar refractivity (Wildman–Crippen MR) is 53.2 cm³/mol. The maximum atomic E-state index is 11.5. The summed E-state index contributed by atoms with van der Waals surface area (Å²) in [4.78, 5) is 15.6. The number of carbonyl (C=O) groups excluding carboxylic acids is 1. The fraction of sp³-hybridized carbons (Fsp3) is 0.455. The zero-order valence-electron chi connectivity index (χ0n) is 8.51. The van der Waals surface area contributed by atoms with Crippen LogP contribution in [0.3, 0.4) is 0 Å². The van der Waals surface area contributed by atoms with Gasteiger partial charge in [-0.15, -0.1) is 0 Å². The molecule has 1 heterocycles. The summed E-state index contributed by atoms with van der Waals surface area (Å²) in [5.41, 5.74) is 1.40. The first-order valence-corrected chi connectivity index (χ1v) is 4.94. The van der Waals surface area contributed by atoms with Gasteiger partial charge in [0.1, 0.15) is 0 Å². The van der Waals surface area contributed by atoms with Crippen molar-refractivity contribution in [3.8, 4) is 0 Å². The summed E-state index contributed by atoms with van der Waals surface area (Å²) in [5.74, 6) is -0.529. The van der Waals surface area contributed by atoms with Gasteiger partial charge in [0.25, 0.3) is 0 Å². The van der Waals surface area contributed by atoms with Gasteiger partial charge in [0, 0.05) is 6.20 Å². The second kappa shape index (κ2) is 3.98. The summed E-state index contributed by atoms with van der Waals surface area (Å²) >= 11 is 0. The normalized spacial score (nSPS) is 24.4. The van der Waals surface area contributed by atoms with Gasteiger partial charge in [0.05, 0.1) is 24.8 Å². The van der Waals surface area contributed by atoms with Crippen molar-refractivity contribution in [1.82, 2.24) is 4.98 Å². The van der Waals surface area contributed by atoms with Gasteiger partial charge in [-0.3, -0.25) is 9.78 Å². The second-order valence-corrected chi connectivity index (χ2v) is 3.65. The molecule has 1 aliphatic rings. The summed E-state index contributed by atoms with van der Waals surface area (Å²) in [5, 5.41) is 9.72. The van der Waals surface area contributed by atoms with Crippen molar-refractivity contribution in [2.24, 2.45) is 0 Å². The molecule has 0 saturated carbocycles. The maximum absolute atomic E-state index is 11.5. The molecule has 0 aliphatic heterocycles. The van der Waals surface area contributed by atoms with E-state index in [1.165, 1.54) is 7.11 Å². The Balaban J connectivity index is 2.40. The van der Waals surface area contributed by atoms with E-state index in [-0.39, 0.29) is 11.9 Å². The smallest absolute Gasteiger partial charge is 0.313 e. The predicted octanol–water partition coefficient (Wildman–Crippen LogP) is 1.17. The Kier molecular flexibility index (Phi) is 2.68. The van der Waals surface area contributed by atoms with Gasteiger partial charge in [-0.25, -0.2) is 0 Å². The molecule has 1 N–H and O–H groups in total. The van der Waals surface area contributed by atoms with Gasteiger partial charge in [-0.1, -0.05) is 6.07 Å². The highest BCUT2D eigenvalue weighted by Gasteiger charge is 2.31. The molecule has 1 aliphatic carbocycles. The molecule has 0 aromatic carbocycles. The van der Waals surface area contributed by atoms with Crippen LogP contribution in [0.15, 0.2) is 18.3 Å². The Morgan fingerprint density at radius 1 is 1.60 bits per heavy atom. The average molecular weight is 207 g/mol. The van der Waals surface area contributed by atoms with Crippen LogP contribution < -0.4 is 0 Å². The van der Waals surface area contributed by atoms with E-state index in [1.54, 1.807) is 12.3 Å². The molecule has 2 atom stereocenters. The van der Waals surface area contributed by atoms with E-state index in [0.717, 1.165) is 5.56 Å². The number of hydrogen-bond donors (Lipinski definition) is 1. The van der Waals surface area contributed by atoms with Gasteiger partial charge in [-0.2, -0.15) is 0 Å². The maximum Gasteiger partial charge on any atom is 0.313 e. The van der Waals surface area contributed by atoms with Crippen LogP contribution in [0.25, 0.3) is 0 Å². The number of esters is 1. The van der Waals surface area contributed by atoms with E-state index < -0.39 is 6.10 Å². The van der Waals surface area contributed by atoms with Crippen molar-refractivity contribution < 1.29 is 14.6 Å². The summed E-state index contributed by atoms with van der Waals surface area (Å²) < 4.78 is 4.73. The standard InChI is InChI=1S/C11H13NO3/c1-15-11(14)8-4-5-9(13)10-7(8)3-2-6-12-10/h2-3,6,8-9,13H,4-5H2,1H3. The van der Waals surface area contributed by atoms with Gasteiger partial charge >= 0.3 is 5.97 Å². The van der Waals surface area contributed by atoms with E-state index in [4.69, 9.17) is 4.74 Å². The van der Waals surface area contributed by atoms with E-state index in [2.05, 4.69) is 4.98 Å². The number of carbonyl (C=O) groups is 1. The van der Waals surface area contributed by atoms with Gasteiger partial charge < -0.3 is 9.84 Å². The molecule has 2 unspecified atom stereocenters. The number of rotatable bonds is 1. The van der Waals surface area contributed by atoms with Crippen LogP contribution in [0.1, 0.15) is 36.1 Å². The number of hydrogen-bond acceptors (Lipinski definition) is 4. The minimum atomic E-state index is -0.554. The van der Waals surface area contributed by atoms with Gasteiger partial charge in [0.15, 0.2) is 0 Å². The van der Waals surface area contributed by atoms with Gasteiger partial charge in [0.2, 0.25) is 0 Å². The van der Waals surface area contributed by atoms with Crippen LogP contribution in [0, 0.1) is 0 Å². The first-order chi connectivity index (χ1) is 7.24.